The topological polar surface area (TPSA) is 72.3 Å². The molecular formula is C17H33N3O. The third-order valence-electron chi connectivity index (χ3n) is 6.32. The standard InChI is InChI=1S/C17H33N3O/c1-4-17(2,3)13-8-7-12(11-18)15(10-13)20-9-5-6-14(20)16(19)21/h12-15H,4-11,18H2,1-3H3,(H2,19,21). The smallest absolute Gasteiger partial charge is 0.234 e. The number of rotatable bonds is 5. The van der Waals surface area contributed by atoms with E-state index in [0.29, 0.717) is 17.4 Å². The summed E-state index contributed by atoms with van der Waals surface area (Å²) in [6.07, 6.45) is 6.85. The van der Waals surface area contributed by atoms with Crippen molar-refractivity contribution in [3.63, 3.8) is 0 Å². The molecule has 21 heavy (non-hydrogen) atoms. The molecule has 0 spiro atoms. The van der Waals surface area contributed by atoms with Crippen LogP contribution >= 0.6 is 0 Å². The van der Waals surface area contributed by atoms with Gasteiger partial charge in [0.15, 0.2) is 0 Å². The Morgan fingerprint density at radius 3 is 2.57 bits per heavy atom. The zero-order valence-electron chi connectivity index (χ0n) is 14.0. The summed E-state index contributed by atoms with van der Waals surface area (Å²) in [5.74, 6) is 1.10. The van der Waals surface area contributed by atoms with Gasteiger partial charge in [-0.15, -0.1) is 0 Å². The number of nitrogens with zero attached hydrogens (tertiary/aromatic N) is 1. The van der Waals surface area contributed by atoms with Crippen molar-refractivity contribution in [2.24, 2.45) is 28.7 Å². The maximum Gasteiger partial charge on any atom is 0.234 e. The van der Waals surface area contributed by atoms with E-state index >= 15 is 0 Å². The van der Waals surface area contributed by atoms with Crippen molar-refractivity contribution in [3.8, 4) is 0 Å². The molecule has 4 unspecified atom stereocenters. The van der Waals surface area contributed by atoms with Crippen LogP contribution in [-0.4, -0.2) is 36.0 Å². The summed E-state index contributed by atoms with van der Waals surface area (Å²) in [6.45, 7) is 8.78. The third-order valence-corrected chi connectivity index (χ3v) is 6.32. The number of hydrogen-bond acceptors (Lipinski definition) is 3. The molecule has 2 fully saturated rings. The lowest BCUT2D eigenvalue weighted by molar-refractivity contribution is -0.124. The molecule has 2 rings (SSSR count). The number of hydrogen-bond donors (Lipinski definition) is 2. The van der Waals surface area contributed by atoms with E-state index in [1.54, 1.807) is 0 Å². The van der Waals surface area contributed by atoms with Crippen LogP contribution in [-0.2, 0) is 4.79 Å². The molecular weight excluding hydrogens is 262 g/mol. The molecule has 4 atom stereocenters. The number of amides is 1. The van der Waals surface area contributed by atoms with Crippen molar-refractivity contribution in [1.82, 2.24) is 4.90 Å². The van der Waals surface area contributed by atoms with Crippen molar-refractivity contribution < 1.29 is 4.79 Å². The third kappa shape index (κ3) is 3.42. The van der Waals surface area contributed by atoms with Crippen LogP contribution in [0.5, 0.6) is 0 Å². The highest BCUT2D eigenvalue weighted by atomic mass is 16.1. The van der Waals surface area contributed by atoms with Crippen LogP contribution in [0.3, 0.4) is 0 Å². The number of carbonyl (C=O) groups is 1. The summed E-state index contributed by atoms with van der Waals surface area (Å²) in [5, 5.41) is 0. The minimum absolute atomic E-state index is 0.0625. The molecule has 1 saturated carbocycles. The van der Waals surface area contributed by atoms with Gasteiger partial charge in [0.1, 0.15) is 0 Å². The fourth-order valence-electron chi connectivity index (χ4n) is 4.38. The molecule has 0 aromatic rings. The van der Waals surface area contributed by atoms with E-state index < -0.39 is 0 Å². The summed E-state index contributed by atoms with van der Waals surface area (Å²) in [4.78, 5) is 14.1. The minimum Gasteiger partial charge on any atom is -0.368 e. The van der Waals surface area contributed by atoms with Gasteiger partial charge < -0.3 is 11.5 Å². The molecule has 2 aliphatic rings. The predicted molar refractivity (Wildman–Crippen MR) is 86.7 cm³/mol. The Balaban J connectivity index is 2.15. The zero-order chi connectivity index (χ0) is 15.6. The Kier molecular flexibility index (Phi) is 5.31. The second-order valence-corrected chi connectivity index (χ2v) is 7.71. The van der Waals surface area contributed by atoms with Gasteiger partial charge in [-0.2, -0.15) is 0 Å². The van der Waals surface area contributed by atoms with Crippen molar-refractivity contribution >= 4 is 5.91 Å². The lowest BCUT2D eigenvalue weighted by atomic mass is 9.65. The molecule has 4 N–H and O–H groups in total. The molecule has 0 radical (unpaired) electrons. The van der Waals surface area contributed by atoms with Gasteiger partial charge in [-0.25, -0.2) is 0 Å². The highest BCUT2D eigenvalue weighted by Crippen LogP contribution is 2.44. The summed E-state index contributed by atoms with van der Waals surface area (Å²) < 4.78 is 0. The molecule has 0 aromatic heterocycles. The molecule has 1 aliphatic heterocycles. The average molecular weight is 295 g/mol. The Labute approximate surface area is 129 Å². The van der Waals surface area contributed by atoms with Gasteiger partial charge in [-0.05, 0) is 62.4 Å². The molecule has 4 nitrogen and oxygen atoms in total. The molecule has 122 valence electrons. The second kappa shape index (κ2) is 6.66. The van der Waals surface area contributed by atoms with E-state index in [9.17, 15) is 4.79 Å². The second-order valence-electron chi connectivity index (χ2n) is 7.71. The number of likely N-dealkylation sites (tertiary alicyclic amines) is 1. The highest BCUT2D eigenvalue weighted by Gasteiger charge is 2.43. The van der Waals surface area contributed by atoms with Crippen LogP contribution in [0.2, 0.25) is 0 Å². The lowest BCUT2D eigenvalue weighted by Gasteiger charge is -2.47. The monoisotopic (exact) mass is 295 g/mol. The molecule has 1 heterocycles. The normalized spacial score (nSPS) is 35.0. The maximum absolute atomic E-state index is 11.7. The van der Waals surface area contributed by atoms with Crippen LogP contribution in [0, 0.1) is 17.3 Å². The Hall–Kier alpha value is -0.610. The number of nitrogens with two attached hydrogens (primary N) is 2. The lowest BCUT2D eigenvalue weighted by Crippen LogP contribution is -2.53. The Bertz CT molecular complexity index is 369. The van der Waals surface area contributed by atoms with Crippen LogP contribution < -0.4 is 11.5 Å². The fourth-order valence-corrected chi connectivity index (χ4v) is 4.38. The van der Waals surface area contributed by atoms with Gasteiger partial charge in [0.25, 0.3) is 0 Å². The Morgan fingerprint density at radius 2 is 2.00 bits per heavy atom. The quantitative estimate of drug-likeness (QED) is 0.816. The van der Waals surface area contributed by atoms with E-state index in [1.165, 1.54) is 25.7 Å². The first-order valence-electron chi connectivity index (χ1n) is 8.65. The number of carbonyl (C=O) groups excluding carboxylic acids is 1. The largest absolute Gasteiger partial charge is 0.368 e. The van der Waals surface area contributed by atoms with E-state index in [4.69, 9.17) is 11.5 Å². The van der Waals surface area contributed by atoms with E-state index in [0.717, 1.165) is 31.8 Å². The molecule has 1 saturated heterocycles. The van der Waals surface area contributed by atoms with Crippen molar-refractivity contribution in [1.29, 1.82) is 0 Å². The Morgan fingerprint density at radius 1 is 1.29 bits per heavy atom. The summed E-state index contributed by atoms with van der Waals surface area (Å²) in [5.41, 5.74) is 12.0. The van der Waals surface area contributed by atoms with E-state index in [1.807, 2.05) is 0 Å². The highest BCUT2D eigenvalue weighted by molar-refractivity contribution is 5.80. The van der Waals surface area contributed by atoms with Crippen molar-refractivity contribution in [2.45, 2.75) is 71.4 Å². The minimum atomic E-state index is -0.153. The first-order valence-corrected chi connectivity index (χ1v) is 8.65. The fraction of sp³-hybridized carbons (Fsp3) is 0.941. The number of primary amides is 1. The maximum atomic E-state index is 11.7. The predicted octanol–water partition coefficient (Wildman–Crippen LogP) is 2.12. The van der Waals surface area contributed by atoms with Crippen LogP contribution in [0.15, 0.2) is 0 Å². The summed E-state index contributed by atoms with van der Waals surface area (Å²) in [6, 6.07) is 0.382. The average Bonchev–Trinajstić information content (AvgIpc) is 2.96. The van der Waals surface area contributed by atoms with Gasteiger partial charge in [0.05, 0.1) is 6.04 Å². The van der Waals surface area contributed by atoms with Gasteiger partial charge in [-0.3, -0.25) is 9.69 Å². The van der Waals surface area contributed by atoms with Gasteiger partial charge in [0, 0.05) is 6.04 Å². The first-order chi connectivity index (χ1) is 9.90. The molecule has 1 aliphatic carbocycles. The van der Waals surface area contributed by atoms with E-state index in [2.05, 4.69) is 25.7 Å². The molecule has 4 heteroatoms. The van der Waals surface area contributed by atoms with Crippen LogP contribution in [0.4, 0.5) is 0 Å². The van der Waals surface area contributed by atoms with Crippen molar-refractivity contribution in [3.05, 3.63) is 0 Å². The molecule has 0 aromatic carbocycles. The summed E-state index contributed by atoms with van der Waals surface area (Å²) in [7, 11) is 0. The SMILES string of the molecule is CCC(C)(C)C1CCC(CN)C(N2CCCC2C(N)=O)C1. The van der Waals surface area contributed by atoms with Gasteiger partial charge in [0.2, 0.25) is 5.91 Å². The van der Waals surface area contributed by atoms with Gasteiger partial charge in [-0.1, -0.05) is 27.2 Å². The van der Waals surface area contributed by atoms with Crippen LogP contribution in [0.1, 0.15) is 59.3 Å². The summed E-state index contributed by atoms with van der Waals surface area (Å²) >= 11 is 0. The molecule has 1 amide bonds. The van der Waals surface area contributed by atoms with Gasteiger partial charge >= 0.3 is 0 Å². The van der Waals surface area contributed by atoms with Crippen molar-refractivity contribution in [2.75, 3.05) is 13.1 Å². The zero-order valence-corrected chi connectivity index (χ0v) is 14.0. The van der Waals surface area contributed by atoms with E-state index in [-0.39, 0.29) is 11.9 Å². The molecule has 0 bridgehead atoms. The van der Waals surface area contributed by atoms with Crippen LogP contribution in [0.25, 0.3) is 0 Å². The first kappa shape index (κ1) is 16.8.